The number of rotatable bonds is 5. The van der Waals surface area contributed by atoms with E-state index < -0.39 is 0 Å². The number of nitrogens with zero attached hydrogens (tertiary/aromatic N) is 2. The topological polar surface area (TPSA) is 77.8 Å². The third-order valence-electron chi connectivity index (χ3n) is 3.28. The quantitative estimate of drug-likeness (QED) is 0.885. The Labute approximate surface area is 130 Å². The van der Waals surface area contributed by atoms with E-state index in [9.17, 15) is 4.79 Å². The van der Waals surface area contributed by atoms with Gasteiger partial charge in [0.15, 0.2) is 0 Å². The standard InChI is InChI=1S/C17H18N4O/c1-3-12(2)20-16-8-14(10-19-11-16)17(22)21-15-6-4-5-13(7-15)9-18/h4-8,10-12,20H,3H2,1-2H3,(H,21,22). The summed E-state index contributed by atoms with van der Waals surface area (Å²) in [5.41, 5.74) is 2.37. The highest BCUT2D eigenvalue weighted by Gasteiger charge is 2.09. The van der Waals surface area contributed by atoms with Crippen molar-refractivity contribution in [3.05, 3.63) is 53.9 Å². The summed E-state index contributed by atoms with van der Waals surface area (Å²) in [7, 11) is 0. The van der Waals surface area contributed by atoms with E-state index in [-0.39, 0.29) is 5.91 Å². The van der Waals surface area contributed by atoms with E-state index in [1.165, 1.54) is 6.20 Å². The molecule has 0 aliphatic heterocycles. The molecule has 0 fully saturated rings. The fourth-order valence-electron chi connectivity index (χ4n) is 1.90. The van der Waals surface area contributed by atoms with Crippen LogP contribution >= 0.6 is 0 Å². The molecule has 22 heavy (non-hydrogen) atoms. The molecule has 2 rings (SSSR count). The van der Waals surface area contributed by atoms with Crippen molar-refractivity contribution in [3.63, 3.8) is 0 Å². The van der Waals surface area contributed by atoms with Crippen LogP contribution in [0.25, 0.3) is 0 Å². The van der Waals surface area contributed by atoms with E-state index in [1.54, 1.807) is 36.5 Å². The van der Waals surface area contributed by atoms with Gasteiger partial charge >= 0.3 is 0 Å². The summed E-state index contributed by atoms with van der Waals surface area (Å²) in [6.45, 7) is 4.16. The van der Waals surface area contributed by atoms with Crippen LogP contribution in [0.15, 0.2) is 42.7 Å². The predicted molar refractivity (Wildman–Crippen MR) is 86.7 cm³/mol. The van der Waals surface area contributed by atoms with Crippen molar-refractivity contribution in [1.29, 1.82) is 5.26 Å². The van der Waals surface area contributed by atoms with E-state index in [1.807, 2.05) is 6.07 Å². The van der Waals surface area contributed by atoms with Gasteiger partial charge in [0.25, 0.3) is 5.91 Å². The maximum atomic E-state index is 12.3. The molecule has 0 saturated carbocycles. The van der Waals surface area contributed by atoms with Crippen LogP contribution in [0.2, 0.25) is 0 Å². The molecule has 0 aliphatic rings. The lowest BCUT2D eigenvalue weighted by Gasteiger charge is -2.13. The molecule has 2 N–H and O–H groups in total. The van der Waals surface area contributed by atoms with Gasteiger partial charge < -0.3 is 10.6 Å². The number of hydrogen-bond donors (Lipinski definition) is 2. The van der Waals surface area contributed by atoms with Gasteiger partial charge in [0, 0.05) is 24.1 Å². The number of hydrogen-bond acceptors (Lipinski definition) is 4. The van der Waals surface area contributed by atoms with Gasteiger partial charge in [-0.3, -0.25) is 9.78 Å². The van der Waals surface area contributed by atoms with Gasteiger partial charge in [0.2, 0.25) is 0 Å². The molecule has 0 saturated heterocycles. The van der Waals surface area contributed by atoms with E-state index in [4.69, 9.17) is 5.26 Å². The van der Waals surface area contributed by atoms with Crippen molar-refractivity contribution >= 4 is 17.3 Å². The van der Waals surface area contributed by atoms with Crippen molar-refractivity contribution in [2.45, 2.75) is 26.3 Å². The normalized spacial score (nSPS) is 11.3. The number of nitrogens with one attached hydrogen (secondary N) is 2. The minimum atomic E-state index is -0.254. The summed E-state index contributed by atoms with van der Waals surface area (Å²) in [5, 5.41) is 14.9. The van der Waals surface area contributed by atoms with Crippen LogP contribution in [-0.2, 0) is 0 Å². The van der Waals surface area contributed by atoms with Crippen LogP contribution in [0.3, 0.4) is 0 Å². The largest absolute Gasteiger partial charge is 0.381 e. The van der Waals surface area contributed by atoms with E-state index in [2.05, 4.69) is 29.5 Å². The second-order valence-corrected chi connectivity index (χ2v) is 5.06. The Morgan fingerprint density at radius 3 is 2.86 bits per heavy atom. The van der Waals surface area contributed by atoms with Crippen LogP contribution in [0.5, 0.6) is 0 Å². The van der Waals surface area contributed by atoms with Gasteiger partial charge in [-0.2, -0.15) is 5.26 Å². The van der Waals surface area contributed by atoms with Gasteiger partial charge in [-0.1, -0.05) is 13.0 Å². The molecule has 0 spiro atoms. The molecule has 0 radical (unpaired) electrons. The van der Waals surface area contributed by atoms with Crippen LogP contribution in [0.1, 0.15) is 36.2 Å². The van der Waals surface area contributed by atoms with Crippen LogP contribution in [0, 0.1) is 11.3 Å². The van der Waals surface area contributed by atoms with E-state index in [0.29, 0.717) is 22.9 Å². The van der Waals surface area contributed by atoms with Gasteiger partial charge in [-0.05, 0) is 37.6 Å². The second-order valence-electron chi connectivity index (χ2n) is 5.06. The molecular weight excluding hydrogens is 276 g/mol. The lowest BCUT2D eigenvalue weighted by atomic mass is 10.2. The number of pyridine rings is 1. The molecule has 1 amide bonds. The van der Waals surface area contributed by atoms with Crippen molar-refractivity contribution in [3.8, 4) is 6.07 Å². The number of carbonyl (C=O) groups excluding carboxylic acids is 1. The van der Waals surface area contributed by atoms with E-state index >= 15 is 0 Å². The van der Waals surface area contributed by atoms with E-state index in [0.717, 1.165) is 12.1 Å². The monoisotopic (exact) mass is 294 g/mol. The maximum Gasteiger partial charge on any atom is 0.257 e. The van der Waals surface area contributed by atoms with Gasteiger partial charge in [0.1, 0.15) is 0 Å². The Morgan fingerprint density at radius 2 is 2.14 bits per heavy atom. The fraction of sp³-hybridized carbons (Fsp3) is 0.235. The Bertz CT molecular complexity index is 706. The average molecular weight is 294 g/mol. The highest BCUT2D eigenvalue weighted by Crippen LogP contribution is 2.14. The smallest absolute Gasteiger partial charge is 0.257 e. The first kappa shape index (κ1) is 15.5. The van der Waals surface area contributed by atoms with Gasteiger partial charge in [-0.15, -0.1) is 0 Å². The Kier molecular flexibility index (Phi) is 5.10. The Hall–Kier alpha value is -2.87. The summed E-state index contributed by atoms with van der Waals surface area (Å²) in [6, 6.07) is 10.9. The Balaban J connectivity index is 2.12. The highest BCUT2D eigenvalue weighted by atomic mass is 16.1. The molecule has 1 aromatic heterocycles. The summed E-state index contributed by atoms with van der Waals surface area (Å²) < 4.78 is 0. The number of benzene rings is 1. The molecule has 112 valence electrons. The third kappa shape index (κ3) is 4.06. The minimum absolute atomic E-state index is 0.254. The number of amides is 1. The lowest BCUT2D eigenvalue weighted by Crippen LogP contribution is -2.16. The van der Waals surface area contributed by atoms with Crippen molar-refractivity contribution in [2.24, 2.45) is 0 Å². The first-order valence-corrected chi connectivity index (χ1v) is 7.15. The van der Waals surface area contributed by atoms with Crippen LogP contribution in [0.4, 0.5) is 11.4 Å². The second kappa shape index (κ2) is 7.23. The summed E-state index contributed by atoms with van der Waals surface area (Å²) in [4.78, 5) is 16.4. The minimum Gasteiger partial charge on any atom is -0.381 e. The van der Waals surface area contributed by atoms with Crippen LogP contribution in [-0.4, -0.2) is 16.9 Å². The first-order valence-electron chi connectivity index (χ1n) is 7.15. The molecule has 1 aromatic carbocycles. The number of nitriles is 1. The third-order valence-corrected chi connectivity index (χ3v) is 3.28. The van der Waals surface area contributed by atoms with Crippen LogP contribution < -0.4 is 10.6 Å². The van der Waals surface area contributed by atoms with Crippen molar-refractivity contribution in [1.82, 2.24) is 4.98 Å². The molecule has 1 unspecified atom stereocenters. The molecule has 1 heterocycles. The average Bonchev–Trinajstić information content (AvgIpc) is 2.55. The maximum absolute atomic E-state index is 12.3. The summed E-state index contributed by atoms with van der Waals surface area (Å²) in [5.74, 6) is -0.254. The number of carbonyl (C=O) groups is 1. The number of aromatic nitrogens is 1. The molecule has 2 aromatic rings. The molecule has 1 atom stereocenters. The lowest BCUT2D eigenvalue weighted by molar-refractivity contribution is 0.102. The summed E-state index contributed by atoms with van der Waals surface area (Å²) >= 11 is 0. The molecular formula is C17H18N4O. The van der Waals surface area contributed by atoms with Gasteiger partial charge in [0.05, 0.1) is 22.9 Å². The zero-order valence-electron chi connectivity index (χ0n) is 12.6. The molecule has 5 heteroatoms. The fourth-order valence-corrected chi connectivity index (χ4v) is 1.90. The zero-order chi connectivity index (χ0) is 15.9. The summed E-state index contributed by atoms with van der Waals surface area (Å²) in [6.07, 6.45) is 4.20. The highest BCUT2D eigenvalue weighted by molar-refractivity contribution is 6.04. The molecule has 5 nitrogen and oxygen atoms in total. The molecule has 0 bridgehead atoms. The van der Waals surface area contributed by atoms with Gasteiger partial charge in [-0.25, -0.2) is 0 Å². The number of anilines is 2. The van der Waals surface area contributed by atoms with Crippen molar-refractivity contribution < 1.29 is 4.79 Å². The molecule has 0 aliphatic carbocycles. The zero-order valence-corrected chi connectivity index (χ0v) is 12.6. The Morgan fingerprint density at radius 1 is 1.32 bits per heavy atom. The van der Waals surface area contributed by atoms with Crippen molar-refractivity contribution in [2.75, 3.05) is 10.6 Å². The SMILES string of the molecule is CCC(C)Nc1cncc(C(=O)Nc2cccc(C#N)c2)c1. The predicted octanol–water partition coefficient (Wildman–Crippen LogP) is 3.42. The first-order chi connectivity index (χ1) is 10.6.